The average Bonchev–Trinajstić information content (AvgIpc) is 3.29. The molecule has 1 N–H and O–H groups in total. The van der Waals surface area contributed by atoms with Gasteiger partial charge in [0.1, 0.15) is 5.75 Å². The summed E-state index contributed by atoms with van der Waals surface area (Å²) >= 11 is 0. The molecule has 1 saturated carbocycles. The molecule has 6 heteroatoms. The van der Waals surface area contributed by atoms with Crippen LogP contribution in [-0.2, 0) is 4.79 Å². The molecule has 168 valence electrons. The molecule has 5 rings (SSSR count). The third-order valence-corrected chi connectivity index (χ3v) is 7.12. The third-order valence-electron chi connectivity index (χ3n) is 7.12. The number of piperidine rings is 1. The van der Waals surface area contributed by atoms with E-state index in [4.69, 9.17) is 14.2 Å². The smallest absolute Gasteiger partial charge is 0.247 e. The molecule has 2 aromatic rings. The van der Waals surface area contributed by atoms with Crippen molar-refractivity contribution < 1.29 is 24.1 Å². The molecule has 6 nitrogen and oxygen atoms in total. The molecule has 0 aromatic heterocycles. The van der Waals surface area contributed by atoms with E-state index in [9.17, 15) is 9.90 Å². The minimum atomic E-state index is -0.708. The Labute approximate surface area is 188 Å². The van der Waals surface area contributed by atoms with Crippen LogP contribution >= 0.6 is 0 Å². The van der Waals surface area contributed by atoms with Gasteiger partial charge in [-0.3, -0.25) is 4.79 Å². The zero-order valence-electron chi connectivity index (χ0n) is 18.3. The summed E-state index contributed by atoms with van der Waals surface area (Å²) in [4.78, 5) is 15.3. The number of amides is 1. The highest BCUT2D eigenvalue weighted by atomic mass is 16.7. The number of benzene rings is 2. The van der Waals surface area contributed by atoms with Crippen LogP contribution in [0.2, 0.25) is 0 Å². The van der Waals surface area contributed by atoms with E-state index in [1.165, 1.54) is 0 Å². The first-order valence-electron chi connectivity index (χ1n) is 11.3. The van der Waals surface area contributed by atoms with Gasteiger partial charge in [-0.05, 0) is 60.7 Å². The second-order valence-corrected chi connectivity index (χ2v) is 8.90. The summed E-state index contributed by atoms with van der Waals surface area (Å²) in [6.45, 7) is 0.761. The molecule has 2 aliphatic heterocycles. The van der Waals surface area contributed by atoms with Crippen molar-refractivity contribution in [2.75, 3.05) is 20.4 Å². The van der Waals surface area contributed by atoms with Gasteiger partial charge in [0.25, 0.3) is 0 Å². The minimum Gasteiger partial charge on any atom is -0.497 e. The van der Waals surface area contributed by atoms with E-state index in [2.05, 4.69) is 0 Å². The molecule has 1 amide bonds. The highest BCUT2D eigenvalue weighted by Crippen LogP contribution is 2.49. The largest absolute Gasteiger partial charge is 0.497 e. The zero-order valence-corrected chi connectivity index (χ0v) is 18.3. The molecular formula is C26H29NO5. The highest BCUT2D eigenvalue weighted by molar-refractivity contribution is 5.92. The van der Waals surface area contributed by atoms with Crippen LogP contribution < -0.4 is 14.2 Å². The number of aliphatic hydroxyl groups is 1. The van der Waals surface area contributed by atoms with Gasteiger partial charge in [0.05, 0.1) is 18.8 Å². The molecule has 0 bridgehead atoms. The van der Waals surface area contributed by atoms with E-state index in [0.29, 0.717) is 18.7 Å². The molecular weight excluding hydrogens is 406 g/mol. The molecule has 1 aliphatic carbocycles. The minimum absolute atomic E-state index is 0.0290. The van der Waals surface area contributed by atoms with Crippen LogP contribution in [0.4, 0.5) is 0 Å². The maximum absolute atomic E-state index is 13.4. The van der Waals surface area contributed by atoms with Crippen LogP contribution in [0.3, 0.4) is 0 Å². The van der Waals surface area contributed by atoms with Crippen molar-refractivity contribution in [2.24, 2.45) is 5.92 Å². The standard InChI is InChI=1S/C26H29NO5/c1-30-20-9-7-19(8-10-20)25-21-4-2-3-13-26(21,29)14-15-27(25)24(28)12-6-18-5-11-22-23(16-18)32-17-31-22/h5-12,16,21,25,29H,2-4,13-15,17H2,1H3/b12-6+/t21-,25-,26+/m1/s1. The first-order valence-corrected chi connectivity index (χ1v) is 11.3. The van der Waals surface area contributed by atoms with E-state index < -0.39 is 5.60 Å². The molecule has 3 atom stereocenters. The quantitative estimate of drug-likeness (QED) is 0.724. The van der Waals surface area contributed by atoms with Crippen molar-refractivity contribution in [3.63, 3.8) is 0 Å². The van der Waals surface area contributed by atoms with Gasteiger partial charge in [-0.15, -0.1) is 0 Å². The fourth-order valence-electron chi connectivity index (χ4n) is 5.42. The van der Waals surface area contributed by atoms with E-state index >= 15 is 0 Å². The maximum atomic E-state index is 13.4. The van der Waals surface area contributed by atoms with Gasteiger partial charge >= 0.3 is 0 Å². The van der Waals surface area contributed by atoms with Crippen molar-refractivity contribution in [1.82, 2.24) is 4.90 Å². The van der Waals surface area contributed by atoms with Crippen LogP contribution in [0.1, 0.15) is 49.3 Å². The number of carbonyl (C=O) groups excluding carboxylic acids is 1. The van der Waals surface area contributed by atoms with Crippen molar-refractivity contribution in [2.45, 2.75) is 43.7 Å². The van der Waals surface area contributed by atoms with E-state index in [1.54, 1.807) is 13.2 Å². The zero-order chi connectivity index (χ0) is 22.1. The third kappa shape index (κ3) is 3.84. The van der Waals surface area contributed by atoms with E-state index in [0.717, 1.165) is 48.3 Å². The maximum Gasteiger partial charge on any atom is 0.247 e. The lowest BCUT2D eigenvalue weighted by Gasteiger charge is -2.52. The molecule has 2 heterocycles. The van der Waals surface area contributed by atoms with Gasteiger partial charge < -0.3 is 24.2 Å². The summed E-state index contributed by atoms with van der Waals surface area (Å²) in [7, 11) is 1.65. The molecule has 0 radical (unpaired) electrons. The van der Waals surface area contributed by atoms with E-state index in [1.807, 2.05) is 53.4 Å². The normalized spacial score (nSPS) is 26.8. The first kappa shape index (κ1) is 20.9. The van der Waals surface area contributed by atoms with Crippen LogP contribution in [0.25, 0.3) is 6.08 Å². The number of hydrogen-bond donors (Lipinski definition) is 1. The molecule has 32 heavy (non-hydrogen) atoms. The predicted molar refractivity (Wildman–Crippen MR) is 121 cm³/mol. The SMILES string of the molecule is COc1ccc([C@@H]2[C@H]3CCCC[C@]3(O)CCN2C(=O)/C=C/c2ccc3c(c2)OCO3)cc1. The van der Waals surface area contributed by atoms with Gasteiger partial charge in [0.15, 0.2) is 11.5 Å². The van der Waals surface area contributed by atoms with Gasteiger partial charge in [-0.2, -0.15) is 0 Å². The van der Waals surface area contributed by atoms with Gasteiger partial charge in [-0.1, -0.05) is 31.0 Å². The number of rotatable bonds is 4. The summed E-state index contributed by atoms with van der Waals surface area (Å²) in [5, 5.41) is 11.4. The molecule has 3 aliphatic rings. The average molecular weight is 436 g/mol. The Bertz CT molecular complexity index is 1020. The highest BCUT2D eigenvalue weighted by Gasteiger charge is 2.49. The summed E-state index contributed by atoms with van der Waals surface area (Å²) in [5.74, 6) is 2.18. The van der Waals surface area contributed by atoms with Gasteiger partial charge in [0, 0.05) is 18.5 Å². The molecule has 2 fully saturated rings. The van der Waals surface area contributed by atoms with Gasteiger partial charge in [-0.25, -0.2) is 0 Å². The number of ether oxygens (including phenoxy) is 3. The van der Waals surface area contributed by atoms with Crippen LogP contribution in [0, 0.1) is 5.92 Å². The molecule has 1 saturated heterocycles. The summed E-state index contributed by atoms with van der Waals surface area (Å²) in [6, 6.07) is 13.4. The van der Waals surface area contributed by atoms with Crippen LogP contribution in [0.15, 0.2) is 48.5 Å². The number of nitrogens with zero attached hydrogens (tertiary/aromatic N) is 1. The summed E-state index contributed by atoms with van der Waals surface area (Å²) < 4.78 is 16.1. The Kier molecular flexibility index (Phi) is 5.55. The number of fused-ring (bicyclic) bond motifs is 2. The Balaban J connectivity index is 1.43. The Morgan fingerprint density at radius 1 is 1.12 bits per heavy atom. The second kappa shape index (κ2) is 8.51. The van der Waals surface area contributed by atoms with Crippen molar-refractivity contribution >= 4 is 12.0 Å². The predicted octanol–water partition coefficient (Wildman–Crippen LogP) is 4.33. The second-order valence-electron chi connectivity index (χ2n) is 8.90. The van der Waals surface area contributed by atoms with Crippen LogP contribution in [-0.4, -0.2) is 42.0 Å². The molecule has 0 unspecified atom stereocenters. The molecule has 2 aromatic carbocycles. The number of carbonyl (C=O) groups is 1. The first-order chi connectivity index (χ1) is 15.6. The summed E-state index contributed by atoms with van der Waals surface area (Å²) in [6.07, 6.45) is 7.91. The fraction of sp³-hybridized carbons (Fsp3) is 0.423. The number of likely N-dealkylation sites (tertiary alicyclic amines) is 1. The number of hydrogen-bond acceptors (Lipinski definition) is 5. The Morgan fingerprint density at radius 3 is 2.75 bits per heavy atom. The monoisotopic (exact) mass is 435 g/mol. The van der Waals surface area contributed by atoms with Crippen molar-refractivity contribution in [3.05, 3.63) is 59.7 Å². The van der Waals surface area contributed by atoms with Crippen LogP contribution in [0.5, 0.6) is 17.2 Å². The summed E-state index contributed by atoms with van der Waals surface area (Å²) in [5.41, 5.74) is 1.22. The van der Waals surface area contributed by atoms with Gasteiger partial charge in [0.2, 0.25) is 12.7 Å². The lowest BCUT2D eigenvalue weighted by atomic mass is 9.66. The van der Waals surface area contributed by atoms with Crippen molar-refractivity contribution in [3.8, 4) is 17.2 Å². The fourth-order valence-corrected chi connectivity index (χ4v) is 5.42. The lowest BCUT2D eigenvalue weighted by Crippen LogP contribution is -2.56. The van der Waals surface area contributed by atoms with Crippen molar-refractivity contribution in [1.29, 1.82) is 0 Å². The number of methoxy groups -OCH3 is 1. The lowest BCUT2D eigenvalue weighted by molar-refractivity contribution is -0.150. The Hall–Kier alpha value is -2.99. The molecule has 0 spiro atoms. The van der Waals surface area contributed by atoms with E-state index in [-0.39, 0.29) is 24.7 Å². The topological polar surface area (TPSA) is 68.2 Å². The Morgan fingerprint density at radius 2 is 1.94 bits per heavy atom.